The highest BCUT2D eigenvalue weighted by atomic mass is 15.0. The molecule has 0 heterocycles. The smallest absolute Gasteiger partial charge is 0.0351 e. The number of aryl methyl sites for hydroxylation is 1. The summed E-state index contributed by atoms with van der Waals surface area (Å²) in [6.45, 7) is 2.18. The Labute approximate surface area is 116 Å². The molecule has 0 aliphatic heterocycles. The number of hydrogen-bond donors (Lipinski definition) is 1. The quantitative estimate of drug-likeness (QED) is 0.849. The molecule has 3 fully saturated rings. The van der Waals surface area contributed by atoms with Crippen LogP contribution in [-0.2, 0) is 0 Å². The molecule has 1 aromatic rings. The highest BCUT2D eigenvalue weighted by Gasteiger charge is 2.42. The van der Waals surface area contributed by atoms with Gasteiger partial charge in [-0.15, -0.1) is 0 Å². The fraction of sp³-hybridized carbons (Fsp3) is 0.667. The molecule has 3 aliphatic rings. The van der Waals surface area contributed by atoms with Gasteiger partial charge in [0.1, 0.15) is 0 Å². The van der Waals surface area contributed by atoms with Crippen LogP contribution in [0.15, 0.2) is 24.3 Å². The largest absolute Gasteiger partial charge is 0.307 e. The fourth-order valence-electron chi connectivity index (χ4n) is 4.39. The standard InChI is InChI=1S/C18H25N/c1-12-2-5-14(6-3-12)18(15-8-9-15)19-17-11-13-4-7-16(17)10-13/h2-3,5-6,13,15-19H,4,7-11H2,1H3. The van der Waals surface area contributed by atoms with E-state index in [1.54, 1.807) is 0 Å². The van der Waals surface area contributed by atoms with E-state index in [-0.39, 0.29) is 0 Å². The highest BCUT2D eigenvalue weighted by molar-refractivity contribution is 5.26. The van der Waals surface area contributed by atoms with E-state index < -0.39 is 0 Å². The number of benzene rings is 1. The fourth-order valence-corrected chi connectivity index (χ4v) is 4.39. The zero-order valence-corrected chi connectivity index (χ0v) is 11.9. The van der Waals surface area contributed by atoms with Crippen LogP contribution < -0.4 is 5.32 Å². The Balaban J connectivity index is 1.50. The Hall–Kier alpha value is -0.820. The molecule has 0 radical (unpaired) electrons. The lowest BCUT2D eigenvalue weighted by Crippen LogP contribution is -2.37. The molecule has 2 bridgehead atoms. The van der Waals surface area contributed by atoms with E-state index in [2.05, 4.69) is 36.5 Å². The molecular formula is C18H25N. The summed E-state index contributed by atoms with van der Waals surface area (Å²) >= 11 is 0. The van der Waals surface area contributed by atoms with Crippen molar-refractivity contribution in [2.75, 3.05) is 0 Å². The minimum Gasteiger partial charge on any atom is -0.307 e. The second-order valence-corrected chi connectivity index (χ2v) is 7.17. The zero-order valence-electron chi connectivity index (χ0n) is 11.9. The number of hydrogen-bond acceptors (Lipinski definition) is 1. The van der Waals surface area contributed by atoms with Crippen molar-refractivity contribution in [2.45, 2.75) is 57.5 Å². The van der Waals surface area contributed by atoms with Gasteiger partial charge in [-0.1, -0.05) is 36.2 Å². The molecule has 4 unspecified atom stereocenters. The van der Waals surface area contributed by atoms with Gasteiger partial charge >= 0.3 is 0 Å². The summed E-state index contributed by atoms with van der Waals surface area (Å²) in [5.41, 5.74) is 2.90. The van der Waals surface area contributed by atoms with Crippen LogP contribution in [0.3, 0.4) is 0 Å². The van der Waals surface area contributed by atoms with Gasteiger partial charge in [-0.25, -0.2) is 0 Å². The first-order valence-electron chi connectivity index (χ1n) is 8.12. The van der Waals surface area contributed by atoms with Gasteiger partial charge in [0.15, 0.2) is 0 Å². The van der Waals surface area contributed by atoms with Crippen molar-refractivity contribution in [1.29, 1.82) is 0 Å². The Bertz CT molecular complexity index is 445. The van der Waals surface area contributed by atoms with Crippen molar-refractivity contribution in [3.05, 3.63) is 35.4 Å². The van der Waals surface area contributed by atoms with E-state index in [9.17, 15) is 0 Å². The molecule has 0 aromatic heterocycles. The molecule has 1 N–H and O–H groups in total. The topological polar surface area (TPSA) is 12.0 Å². The first kappa shape index (κ1) is 12.0. The van der Waals surface area contributed by atoms with Gasteiger partial charge < -0.3 is 5.32 Å². The molecule has 3 aliphatic carbocycles. The van der Waals surface area contributed by atoms with Crippen molar-refractivity contribution in [3.8, 4) is 0 Å². The van der Waals surface area contributed by atoms with E-state index >= 15 is 0 Å². The maximum absolute atomic E-state index is 4.05. The van der Waals surface area contributed by atoms with Gasteiger partial charge in [0, 0.05) is 12.1 Å². The second kappa shape index (κ2) is 4.63. The monoisotopic (exact) mass is 255 g/mol. The Morgan fingerprint density at radius 2 is 1.79 bits per heavy atom. The van der Waals surface area contributed by atoms with Crippen LogP contribution >= 0.6 is 0 Å². The summed E-state index contributed by atoms with van der Waals surface area (Å²) in [7, 11) is 0. The summed E-state index contributed by atoms with van der Waals surface area (Å²) in [6.07, 6.45) is 8.77. The van der Waals surface area contributed by atoms with Crippen LogP contribution in [0.4, 0.5) is 0 Å². The van der Waals surface area contributed by atoms with Crippen molar-refractivity contribution in [2.24, 2.45) is 17.8 Å². The third-order valence-corrected chi connectivity index (χ3v) is 5.66. The summed E-state index contributed by atoms with van der Waals surface area (Å²) < 4.78 is 0. The summed E-state index contributed by atoms with van der Waals surface area (Å²) in [5.74, 6) is 2.93. The Kier molecular flexibility index (Phi) is 2.91. The summed E-state index contributed by atoms with van der Waals surface area (Å²) in [4.78, 5) is 0. The van der Waals surface area contributed by atoms with Crippen LogP contribution in [0.2, 0.25) is 0 Å². The predicted octanol–water partition coefficient (Wildman–Crippen LogP) is 4.22. The average molecular weight is 255 g/mol. The molecule has 1 aromatic carbocycles. The van der Waals surface area contributed by atoms with Gasteiger partial charge in [-0.2, -0.15) is 0 Å². The maximum atomic E-state index is 4.05. The lowest BCUT2D eigenvalue weighted by Gasteiger charge is -2.29. The summed E-state index contributed by atoms with van der Waals surface area (Å²) in [5, 5.41) is 4.05. The lowest BCUT2D eigenvalue weighted by atomic mass is 9.92. The van der Waals surface area contributed by atoms with Gasteiger partial charge in [-0.05, 0) is 62.3 Å². The summed E-state index contributed by atoms with van der Waals surface area (Å²) in [6, 6.07) is 10.7. The van der Waals surface area contributed by atoms with E-state index in [4.69, 9.17) is 0 Å². The average Bonchev–Trinajstić information content (AvgIpc) is 3.05. The predicted molar refractivity (Wildman–Crippen MR) is 79.0 cm³/mol. The number of nitrogens with one attached hydrogen (secondary N) is 1. The first-order valence-corrected chi connectivity index (χ1v) is 8.12. The van der Waals surface area contributed by atoms with Crippen molar-refractivity contribution in [1.82, 2.24) is 5.32 Å². The second-order valence-electron chi connectivity index (χ2n) is 7.17. The van der Waals surface area contributed by atoms with Gasteiger partial charge in [-0.3, -0.25) is 0 Å². The van der Waals surface area contributed by atoms with Gasteiger partial charge in [0.25, 0.3) is 0 Å². The van der Waals surface area contributed by atoms with Crippen LogP contribution in [0, 0.1) is 24.7 Å². The molecule has 19 heavy (non-hydrogen) atoms. The van der Waals surface area contributed by atoms with Crippen LogP contribution in [0.5, 0.6) is 0 Å². The minimum absolute atomic E-state index is 0.630. The molecule has 4 atom stereocenters. The van der Waals surface area contributed by atoms with Crippen LogP contribution in [0.1, 0.15) is 55.7 Å². The Morgan fingerprint density at radius 1 is 1.00 bits per heavy atom. The Morgan fingerprint density at radius 3 is 2.37 bits per heavy atom. The van der Waals surface area contributed by atoms with Gasteiger partial charge in [0.05, 0.1) is 0 Å². The van der Waals surface area contributed by atoms with Crippen molar-refractivity contribution < 1.29 is 0 Å². The van der Waals surface area contributed by atoms with Crippen LogP contribution in [-0.4, -0.2) is 6.04 Å². The molecule has 4 rings (SSSR count). The molecule has 1 nitrogen and oxygen atoms in total. The molecule has 0 saturated heterocycles. The maximum Gasteiger partial charge on any atom is 0.0351 e. The third kappa shape index (κ3) is 2.33. The SMILES string of the molecule is Cc1ccc(C(NC2CC3CCC2C3)C2CC2)cc1. The zero-order chi connectivity index (χ0) is 12.8. The highest BCUT2D eigenvalue weighted by Crippen LogP contribution is 2.47. The van der Waals surface area contributed by atoms with E-state index in [1.165, 1.54) is 49.7 Å². The molecular weight excluding hydrogens is 230 g/mol. The first-order chi connectivity index (χ1) is 9.29. The van der Waals surface area contributed by atoms with E-state index in [0.717, 1.165) is 23.8 Å². The lowest BCUT2D eigenvalue weighted by molar-refractivity contribution is 0.305. The van der Waals surface area contributed by atoms with Crippen molar-refractivity contribution >= 4 is 0 Å². The normalized spacial score (nSPS) is 34.7. The molecule has 102 valence electrons. The number of fused-ring (bicyclic) bond motifs is 2. The van der Waals surface area contributed by atoms with E-state index in [0.29, 0.717) is 6.04 Å². The molecule has 0 amide bonds. The minimum atomic E-state index is 0.630. The van der Waals surface area contributed by atoms with Gasteiger partial charge in [0.2, 0.25) is 0 Å². The van der Waals surface area contributed by atoms with Crippen molar-refractivity contribution in [3.63, 3.8) is 0 Å². The van der Waals surface area contributed by atoms with E-state index in [1.807, 2.05) is 0 Å². The molecule has 3 saturated carbocycles. The van der Waals surface area contributed by atoms with Crippen LogP contribution in [0.25, 0.3) is 0 Å². The molecule has 1 heteroatoms. The third-order valence-electron chi connectivity index (χ3n) is 5.66. The number of rotatable bonds is 4. The molecule has 0 spiro atoms.